The molecule has 0 radical (unpaired) electrons. The van der Waals surface area contributed by atoms with Gasteiger partial charge in [0.2, 0.25) is 5.91 Å². The molecule has 0 spiro atoms. The molecule has 1 fully saturated rings. The van der Waals surface area contributed by atoms with Crippen LogP contribution in [-0.2, 0) is 17.8 Å². The molecule has 0 saturated carbocycles. The normalized spacial score (nSPS) is 15.0. The number of aryl methyl sites for hydroxylation is 2. The first kappa shape index (κ1) is 14.4. The molecule has 0 atom stereocenters. The van der Waals surface area contributed by atoms with Gasteiger partial charge >= 0.3 is 0 Å². The molecule has 0 bridgehead atoms. The molecule has 2 aromatic rings. The first-order valence-electron chi connectivity index (χ1n) is 7.49. The smallest absolute Gasteiger partial charge is 0.242 e. The second-order valence-electron chi connectivity index (χ2n) is 5.58. The third-order valence-corrected chi connectivity index (χ3v) is 4.32. The van der Waals surface area contributed by atoms with Crippen LogP contribution in [0.1, 0.15) is 24.2 Å². The summed E-state index contributed by atoms with van der Waals surface area (Å²) in [6, 6.07) is 6.09. The Morgan fingerprint density at radius 2 is 2.10 bits per heavy atom. The number of alkyl halides is 1. The van der Waals surface area contributed by atoms with Crippen molar-refractivity contribution in [3.8, 4) is 0 Å². The molecule has 5 heteroatoms. The molecule has 2 heterocycles. The number of carbonyl (C=O) groups excluding carboxylic acids is 1. The van der Waals surface area contributed by atoms with Crippen molar-refractivity contribution < 1.29 is 4.79 Å². The predicted molar refractivity (Wildman–Crippen MR) is 84.7 cm³/mol. The van der Waals surface area contributed by atoms with E-state index in [1.165, 1.54) is 0 Å². The van der Waals surface area contributed by atoms with E-state index in [1.807, 2.05) is 34.6 Å². The Morgan fingerprint density at radius 3 is 2.81 bits per heavy atom. The standard InChI is InChI=1S/C16H20ClN3O/c1-12-5-4-6-13-16(12)18-14(7-8-17)20(13)11-15(21)19-9-2-3-10-19/h4-6H,2-3,7-11H2,1H3. The van der Waals surface area contributed by atoms with Gasteiger partial charge in [0.25, 0.3) is 0 Å². The second kappa shape index (κ2) is 6.06. The summed E-state index contributed by atoms with van der Waals surface area (Å²) in [4.78, 5) is 19.1. The summed E-state index contributed by atoms with van der Waals surface area (Å²) < 4.78 is 2.03. The van der Waals surface area contributed by atoms with E-state index in [1.54, 1.807) is 0 Å². The lowest BCUT2D eigenvalue weighted by atomic mass is 10.2. The zero-order chi connectivity index (χ0) is 14.8. The van der Waals surface area contributed by atoms with Gasteiger partial charge in [-0.25, -0.2) is 4.98 Å². The minimum atomic E-state index is 0.184. The van der Waals surface area contributed by atoms with E-state index in [-0.39, 0.29) is 5.91 Å². The molecule has 112 valence electrons. The maximum atomic E-state index is 12.4. The maximum Gasteiger partial charge on any atom is 0.242 e. The zero-order valence-corrected chi connectivity index (χ0v) is 13.1. The van der Waals surface area contributed by atoms with E-state index < -0.39 is 0 Å². The number of likely N-dealkylation sites (tertiary alicyclic amines) is 1. The molecule has 4 nitrogen and oxygen atoms in total. The third-order valence-electron chi connectivity index (χ3n) is 4.13. The highest BCUT2D eigenvalue weighted by atomic mass is 35.5. The van der Waals surface area contributed by atoms with Crippen LogP contribution in [-0.4, -0.2) is 39.3 Å². The highest BCUT2D eigenvalue weighted by Gasteiger charge is 2.20. The number of hydrogen-bond acceptors (Lipinski definition) is 2. The van der Waals surface area contributed by atoms with Crippen molar-refractivity contribution in [1.29, 1.82) is 0 Å². The Bertz CT molecular complexity index is 659. The third kappa shape index (κ3) is 2.77. The van der Waals surface area contributed by atoms with E-state index in [9.17, 15) is 4.79 Å². The average Bonchev–Trinajstić information content (AvgIpc) is 3.10. The number of imidazole rings is 1. The van der Waals surface area contributed by atoms with Gasteiger partial charge < -0.3 is 9.47 Å². The molecule has 21 heavy (non-hydrogen) atoms. The zero-order valence-electron chi connectivity index (χ0n) is 12.3. The highest BCUT2D eigenvalue weighted by molar-refractivity contribution is 6.17. The number of amides is 1. The van der Waals surface area contributed by atoms with Crippen LogP contribution in [0.15, 0.2) is 18.2 Å². The quantitative estimate of drug-likeness (QED) is 0.815. The molecule has 1 aromatic carbocycles. The van der Waals surface area contributed by atoms with Gasteiger partial charge in [-0.05, 0) is 31.4 Å². The Labute approximate surface area is 129 Å². The topological polar surface area (TPSA) is 38.1 Å². The summed E-state index contributed by atoms with van der Waals surface area (Å²) in [5.74, 6) is 1.60. The van der Waals surface area contributed by atoms with Crippen molar-refractivity contribution in [2.45, 2.75) is 32.7 Å². The van der Waals surface area contributed by atoms with Crippen molar-refractivity contribution in [2.24, 2.45) is 0 Å². The summed E-state index contributed by atoms with van der Waals surface area (Å²) in [6.07, 6.45) is 2.91. The molecule has 1 amide bonds. The Hall–Kier alpha value is -1.55. The van der Waals surface area contributed by atoms with Crippen LogP contribution in [0.5, 0.6) is 0 Å². The Morgan fingerprint density at radius 1 is 1.33 bits per heavy atom. The maximum absolute atomic E-state index is 12.4. The van der Waals surface area contributed by atoms with Crippen molar-refractivity contribution >= 4 is 28.5 Å². The molecule has 0 N–H and O–H groups in total. The SMILES string of the molecule is Cc1cccc2c1nc(CCCl)n2CC(=O)N1CCCC1. The fourth-order valence-corrected chi connectivity index (χ4v) is 3.16. The monoisotopic (exact) mass is 305 g/mol. The van der Waals surface area contributed by atoms with E-state index in [2.05, 4.69) is 4.98 Å². The summed E-state index contributed by atoms with van der Waals surface area (Å²) in [5, 5.41) is 0. The largest absolute Gasteiger partial charge is 0.341 e. The number of hydrogen-bond donors (Lipinski definition) is 0. The fourth-order valence-electron chi connectivity index (χ4n) is 2.99. The lowest BCUT2D eigenvalue weighted by Crippen LogP contribution is -2.31. The van der Waals surface area contributed by atoms with Crippen molar-refractivity contribution in [3.05, 3.63) is 29.6 Å². The Kier molecular flexibility index (Phi) is 4.15. The van der Waals surface area contributed by atoms with Gasteiger partial charge in [-0.2, -0.15) is 0 Å². The predicted octanol–water partition coefficient (Wildman–Crippen LogP) is 2.75. The number of aromatic nitrogens is 2. The van der Waals surface area contributed by atoms with Gasteiger partial charge in [0.1, 0.15) is 12.4 Å². The Balaban J connectivity index is 1.96. The van der Waals surface area contributed by atoms with Gasteiger partial charge in [0, 0.05) is 25.4 Å². The van der Waals surface area contributed by atoms with Crippen LogP contribution >= 0.6 is 11.6 Å². The number of carbonyl (C=O) groups is 1. The number of halogens is 1. The molecule has 0 aliphatic carbocycles. The molecule has 1 aliphatic rings. The average molecular weight is 306 g/mol. The molecule has 1 aliphatic heterocycles. The van der Waals surface area contributed by atoms with Crippen LogP contribution in [0, 0.1) is 6.92 Å². The second-order valence-corrected chi connectivity index (χ2v) is 5.96. The van der Waals surface area contributed by atoms with E-state index in [0.717, 1.165) is 48.4 Å². The van der Waals surface area contributed by atoms with Gasteiger partial charge in [-0.3, -0.25) is 4.79 Å². The molecule has 0 unspecified atom stereocenters. The lowest BCUT2D eigenvalue weighted by Gasteiger charge is -2.17. The molecular weight excluding hydrogens is 286 g/mol. The lowest BCUT2D eigenvalue weighted by molar-refractivity contribution is -0.130. The van der Waals surface area contributed by atoms with E-state index in [4.69, 9.17) is 11.6 Å². The summed E-state index contributed by atoms with van der Waals surface area (Å²) in [5.41, 5.74) is 3.14. The fraction of sp³-hybridized carbons (Fsp3) is 0.500. The molecule has 1 saturated heterocycles. The minimum absolute atomic E-state index is 0.184. The van der Waals surface area contributed by atoms with E-state index >= 15 is 0 Å². The van der Waals surface area contributed by atoms with Gasteiger partial charge in [-0.1, -0.05) is 12.1 Å². The molecule has 1 aromatic heterocycles. The molecular formula is C16H20ClN3O. The van der Waals surface area contributed by atoms with Crippen LogP contribution in [0.25, 0.3) is 11.0 Å². The van der Waals surface area contributed by atoms with Gasteiger partial charge in [0.15, 0.2) is 0 Å². The van der Waals surface area contributed by atoms with Crippen molar-refractivity contribution in [2.75, 3.05) is 19.0 Å². The highest BCUT2D eigenvalue weighted by Crippen LogP contribution is 2.21. The summed E-state index contributed by atoms with van der Waals surface area (Å²) in [6.45, 7) is 4.18. The molecule has 3 rings (SSSR count). The van der Waals surface area contributed by atoms with E-state index in [0.29, 0.717) is 18.8 Å². The number of para-hydroxylation sites is 1. The number of benzene rings is 1. The van der Waals surface area contributed by atoms with Crippen LogP contribution in [0.4, 0.5) is 0 Å². The number of fused-ring (bicyclic) bond motifs is 1. The van der Waals surface area contributed by atoms with Crippen molar-refractivity contribution in [1.82, 2.24) is 14.5 Å². The first-order chi connectivity index (χ1) is 10.2. The number of nitrogens with zero attached hydrogens (tertiary/aromatic N) is 3. The van der Waals surface area contributed by atoms with Crippen LogP contribution in [0.3, 0.4) is 0 Å². The minimum Gasteiger partial charge on any atom is -0.341 e. The number of rotatable bonds is 4. The van der Waals surface area contributed by atoms with Crippen molar-refractivity contribution in [3.63, 3.8) is 0 Å². The summed E-state index contributed by atoms with van der Waals surface area (Å²) >= 11 is 5.89. The van der Waals surface area contributed by atoms with Gasteiger partial charge in [-0.15, -0.1) is 11.6 Å². The van der Waals surface area contributed by atoms with Gasteiger partial charge in [0.05, 0.1) is 11.0 Å². The summed E-state index contributed by atoms with van der Waals surface area (Å²) in [7, 11) is 0. The first-order valence-corrected chi connectivity index (χ1v) is 8.02. The van der Waals surface area contributed by atoms with Crippen LogP contribution in [0.2, 0.25) is 0 Å². The van der Waals surface area contributed by atoms with Crippen LogP contribution < -0.4 is 0 Å².